The van der Waals surface area contributed by atoms with E-state index in [1.54, 1.807) is 15.5 Å². The number of hydrogen-bond donors (Lipinski definition) is 2. The molecule has 2 aromatic rings. The van der Waals surface area contributed by atoms with Crippen molar-refractivity contribution in [3.8, 4) is 5.88 Å². The number of fused-ring (bicyclic) bond motifs is 1. The highest BCUT2D eigenvalue weighted by atomic mass is 16.5. The topological polar surface area (TPSA) is 118 Å². The van der Waals surface area contributed by atoms with E-state index in [-0.39, 0.29) is 34.8 Å². The molecule has 3 fully saturated rings. The SMILES string of the molecule is C[C@H]1COCCN1C(=O)/C=C/c1cnn2c(=O)c(C(=O)NC3CC3)c(O)n(CC3(C)CC3)c12. The van der Waals surface area contributed by atoms with Crippen LogP contribution in [0.4, 0.5) is 0 Å². The lowest BCUT2D eigenvalue weighted by molar-refractivity contribution is -0.133. The molecule has 0 bridgehead atoms. The largest absolute Gasteiger partial charge is 0.494 e. The monoisotopic (exact) mass is 455 g/mol. The van der Waals surface area contributed by atoms with Gasteiger partial charge in [0, 0.05) is 30.8 Å². The Kier molecular flexibility index (Phi) is 5.27. The second-order valence-electron chi connectivity index (χ2n) is 9.77. The molecule has 3 aliphatic rings. The third-order valence-corrected chi connectivity index (χ3v) is 6.75. The zero-order chi connectivity index (χ0) is 23.3. The number of amides is 2. The molecule has 2 N–H and O–H groups in total. The molecule has 1 aliphatic heterocycles. The van der Waals surface area contributed by atoms with Crippen molar-refractivity contribution in [2.75, 3.05) is 19.8 Å². The first-order valence-electron chi connectivity index (χ1n) is 11.5. The summed E-state index contributed by atoms with van der Waals surface area (Å²) in [6, 6.07) is 0.0236. The fourth-order valence-corrected chi connectivity index (χ4v) is 4.23. The van der Waals surface area contributed by atoms with E-state index in [9.17, 15) is 19.5 Å². The van der Waals surface area contributed by atoms with E-state index in [1.165, 1.54) is 12.3 Å². The second kappa shape index (κ2) is 8.02. The molecule has 176 valence electrons. The van der Waals surface area contributed by atoms with Gasteiger partial charge in [-0.05, 0) is 44.1 Å². The minimum atomic E-state index is -0.675. The Morgan fingerprint density at radius 3 is 2.79 bits per heavy atom. The van der Waals surface area contributed by atoms with Crippen molar-refractivity contribution in [3.63, 3.8) is 0 Å². The maximum Gasteiger partial charge on any atom is 0.291 e. The number of carbonyl (C=O) groups is 2. The summed E-state index contributed by atoms with van der Waals surface area (Å²) in [7, 11) is 0. The van der Waals surface area contributed by atoms with Crippen LogP contribution < -0.4 is 10.9 Å². The summed E-state index contributed by atoms with van der Waals surface area (Å²) < 4.78 is 8.13. The zero-order valence-corrected chi connectivity index (χ0v) is 18.9. The van der Waals surface area contributed by atoms with E-state index in [0.29, 0.717) is 37.5 Å². The van der Waals surface area contributed by atoms with Gasteiger partial charge in [0.1, 0.15) is 5.65 Å². The summed E-state index contributed by atoms with van der Waals surface area (Å²) >= 11 is 0. The van der Waals surface area contributed by atoms with Gasteiger partial charge in [0.05, 0.1) is 25.5 Å². The molecule has 3 heterocycles. The van der Waals surface area contributed by atoms with Gasteiger partial charge in [0.25, 0.3) is 11.5 Å². The van der Waals surface area contributed by atoms with Gasteiger partial charge in [-0.1, -0.05) is 6.92 Å². The molecule has 2 amide bonds. The molecule has 33 heavy (non-hydrogen) atoms. The Balaban J connectivity index is 1.55. The first-order chi connectivity index (χ1) is 15.8. The van der Waals surface area contributed by atoms with Crippen LogP contribution in [-0.4, -0.2) is 67.8 Å². The van der Waals surface area contributed by atoms with Crippen molar-refractivity contribution < 1.29 is 19.4 Å². The van der Waals surface area contributed by atoms with Gasteiger partial charge in [-0.2, -0.15) is 9.61 Å². The molecule has 2 aliphatic carbocycles. The number of hydrogen-bond acceptors (Lipinski definition) is 6. The number of nitrogens with zero attached hydrogens (tertiary/aromatic N) is 4. The standard InChI is InChI=1S/C23H29N5O5/c1-14-12-33-10-9-26(14)17(29)6-3-15-11-24-28-20(15)27(13-23(2)7-8-23)21(31)18(22(28)32)19(30)25-16-4-5-16/h3,6,11,14,16,31H,4-5,7-10,12-13H2,1-2H3,(H,25,30)/b6-3+/t14-/m0/s1. The average molecular weight is 456 g/mol. The van der Waals surface area contributed by atoms with Crippen LogP contribution in [0.1, 0.15) is 55.5 Å². The van der Waals surface area contributed by atoms with Crippen LogP contribution in [0.25, 0.3) is 11.7 Å². The quantitative estimate of drug-likeness (QED) is 0.631. The maximum atomic E-state index is 13.1. The summed E-state index contributed by atoms with van der Waals surface area (Å²) in [4.78, 5) is 40.3. The van der Waals surface area contributed by atoms with Crippen LogP contribution in [0.3, 0.4) is 0 Å². The van der Waals surface area contributed by atoms with Gasteiger partial charge in [0.2, 0.25) is 11.8 Å². The Morgan fingerprint density at radius 1 is 1.36 bits per heavy atom. The molecular weight excluding hydrogens is 426 g/mol. The van der Waals surface area contributed by atoms with Crippen LogP contribution >= 0.6 is 0 Å². The van der Waals surface area contributed by atoms with Crippen molar-refractivity contribution in [2.24, 2.45) is 5.41 Å². The molecule has 10 heteroatoms. The predicted molar refractivity (Wildman–Crippen MR) is 120 cm³/mol. The molecule has 0 unspecified atom stereocenters. The van der Waals surface area contributed by atoms with Gasteiger partial charge in [0.15, 0.2) is 5.56 Å². The van der Waals surface area contributed by atoms with Crippen LogP contribution in [0.15, 0.2) is 17.1 Å². The van der Waals surface area contributed by atoms with E-state index in [2.05, 4.69) is 17.3 Å². The van der Waals surface area contributed by atoms with Gasteiger partial charge in [-0.3, -0.25) is 19.0 Å². The highest BCUT2D eigenvalue weighted by molar-refractivity contribution is 5.97. The molecule has 0 spiro atoms. The van der Waals surface area contributed by atoms with Crippen molar-refractivity contribution in [2.45, 2.75) is 58.2 Å². The number of aromatic hydroxyl groups is 1. The van der Waals surface area contributed by atoms with E-state index < -0.39 is 11.5 Å². The maximum absolute atomic E-state index is 13.1. The Bertz CT molecular complexity index is 1200. The third kappa shape index (κ3) is 4.15. The zero-order valence-electron chi connectivity index (χ0n) is 18.9. The number of aromatic nitrogens is 3. The predicted octanol–water partition coefficient (Wildman–Crippen LogP) is 1.15. The van der Waals surface area contributed by atoms with Gasteiger partial charge in [-0.25, -0.2) is 0 Å². The first kappa shape index (κ1) is 21.7. The molecule has 5 rings (SSSR count). The lowest BCUT2D eigenvalue weighted by atomic mass is 10.1. The molecule has 2 saturated carbocycles. The number of ether oxygens (including phenoxy) is 1. The van der Waals surface area contributed by atoms with Crippen LogP contribution in [0.2, 0.25) is 0 Å². The van der Waals surface area contributed by atoms with E-state index in [4.69, 9.17) is 4.74 Å². The van der Waals surface area contributed by atoms with Crippen LogP contribution in [0.5, 0.6) is 5.88 Å². The van der Waals surface area contributed by atoms with Crippen molar-refractivity contribution in [1.29, 1.82) is 0 Å². The number of carbonyl (C=O) groups excluding carboxylic acids is 2. The number of rotatable bonds is 6. The lowest BCUT2D eigenvalue weighted by Gasteiger charge is -2.32. The van der Waals surface area contributed by atoms with Gasteiger partial charge < -0.3 is 20.1 Å². The molecular formula is C23H29N5O5. The normalized spacial score (nSPS) is 22.1. The molecule has 10 nitrogen and oxygen atoms in total. The summed E-state index contributed by atoms with van der Waals surface area (Å²) in [5.74, 6) is -1.10. The van der Waals surface area contributed by atoms with Gasteiger partial charge >= 0.3 is 0 Å². The molecule has 2 aromatic heterocycles. The highest BCUT2D eigenvalue weighted by Gasteiger charge is 2.39. The lowest BCUT2D eigenvalue weighted by Crippen LogP contribution is -2.46. The Morgan fingerprint density at radius 2 is 2.12 bits per heavy atom. The fourth-order valence-electron chi connectivity index (χ4n) is 4.23. The molecule has 0 aromatic carbocycles. The number of morpholine rings is 1. The minimum Gasteiger partial charge on any atom is -0.494 e. The highest BCUT2D eigenvalue weighted by Crippen LogP contribution is 2.47. The van der Waals surface area contributed by atoms with E-state index in [0.717, 1.165) is 30.2 Å². The van der Waals surface area contributed by atoms with E-state index >= 15 is 0 Å². The van der Waals surface area contributed by atoms with Crippen molar-refractivity contribution in [1.82, 2.24) is 24.4 Å². The van der Waals surface area contributed by atoms with Crippen molar-refractivity contribution in [3.05, 3.63) is 33.8 Å². The summed E-state index contributed by atoms with van der Waals surface area (Å²) in [5.41, 5.74) is -0.106. The average Bonchev–Trinajstić information content (AvgIpc) is 3.69. The summed E-state index contributed by atoms with van der Waals surface area (Å²) in [5, 5.41) is 18.1. The minimum absolute atomic E-state index is 0.0237. The number of nitrogens with one attached hydrogen (secondary N) is 1. The Hall–Kier alpha value is -3.14. The molecule has 1 saturated heterocycles. The first-order valence-corrected chi connectivity index (χ1v) is 11.5. The second-order valence-corrected chi connectivity index (χ2v) is 9.77. The summed E-state index contributed by atoms with van der Waals surface area (Å²) in [6.07, 6.45) is 8.26. The van der Waals surface area contributed by atoms with Crippen LogP contribution in [0, 0.1) is 5.41 Å². The Labute approximate surface area is 190 Å². The van der Waals surface area contributed by atoms with Crippen molar-refractivity contribution >= 4 is 23.5 Å². The summed E-state index contributed by atoms with van der Waals surface area (Å²) in [6.45, 7) is 5.97. The molecule has 0 radical (unpaired) electrons. The van der Waals surface area contributed by atoms with Gasteiger partial charge in [-0.15, -0.1) is 0 Å². The smallest absolute Gasteiger partial charge is 0.291 e. The van der Waals surface area contributed by atoms with Crippen LogP contribution in [-0.2, 0) is 16.1 Å². The molecule has 1 atom stereocenters. The van der Waals surface area contributed by atoms with E-state index in [1.807, 2.05) is 6.92 Å². The fraction of sp³-hybridized carbons (Fsp3) is 0.565. The third-order valence-electron chi connectivity index (χ3n) is 6.75.